The summed E-state index contributed by atoms with van der Waals surface area (Å²) in [6, 6.07) is 16.3. The Morgan fingerprint density at radius 2 is 1.96 bits per heavy atom. The first kappa shape index (κ1) is 19.5. The smallest absolute Gasteiger partial charge is 0.233 e. The molecule has 2 rings (SSSR count). The molecule has 0 aliphatic heterocycles. The minimum absolute atomic E-state index is 0.0208. The van der Waals surface area contributed by atoms with E-state index in [4.69, 9.17) is 4.74 Å². The number of carbonyl (C=O) groups excluding carboxylic acids is 1. The second-order valence-electron chi connectivity index (χ2n) is 5.94. The van der Waals surface area contributed by atoms with Gasteiger partial charge in [-0.25, -0.2) is 0 Å². The fourth-order valence-corrected chi connectivity index (χ4v) is 3.10. The summed E-state index contributed by atoms with van der Waals surface area (Å²) in [4.78, 5) is 12.0. The Labute approximate surface area is 158 Å². The van der Waals surface area contributed by atoms with Gasteiger partial charge in [-0.3, -0.25) is 4.79 Å². The number of hydrogen-bond donors (Lipinski definition) is 2. The second-order valence-corrected chi connectivity index (χ2v) is 6.79. The van der Waals surface area contributed by atoms with Gasteiger partial charge in [-0.15, -0.1) is 0 Å². The average Bonchev–Trinajstić information content (AvgIpc) is 2.64. The van der Waals surface area contributed by atoms with Crippen LogP contribution in [0.1, 0.15) is 30.5 Å². The maximum Gasteiger partial charge on any atom is 0.233 e. The lowest BCUT2D eigenvalue weighted by Crippen LogP contribution is -2.35. The zero-order chi connectivity index (χ0) is 18.1. The molecule has 0 radical (unpaired) electrons. The van der Waals surface area contributed by atoms with E-state index in [9.17, 15) is 4.79 Å². The normalized spacial score (nSPS) is 11.8. The van der Waals surface area contributed by atoms with Gasteiger partial charge in [0, 0.05) is 12.6 Å². The summed E-state index contributed by atoms with van der Waals surface area (Å²) >= 11 is 3.48. The molecule has 0 aliphatic carbocycles. The molecule has 0 aliphatic rings. The van der Waals surface area contributed by atoms with E-state index in [-0.39, 0.29) is 11.9 Å². The molecular formula is C20H25BrN2O2. The van der Waals surface area contributed by atoms with Crippen LogP contribution in [-0.4, -0.2) is 26.1 Å². The van der Waals surface area contributed by atoms with Crippen LogP contribution >= 0.6 is 15.9 Å². The summed E-state index contributed by atoms with van der Waals surface area (Å²) in [5, 5.41) is 6.21. The first-order valence-corrected chi connectivity index (χ1v) is 9.27. The molecule has 0 heterocycles. The molecule has 0 saturated heterocycles. The quantitative estimate of drug-likeness (QED) is 0.623. The molecule has 1 amide bonds. The van der Waals surface area contributed by atoms with Crippen LogP contribution in [0, 0.1) is 0 Å². The third kappa shape index (κ3) is 6.52. The van der Waals surface area contributed by atoms with Gasteiger partial charge in [0.25, 0.3) is 0 Å². The Hall–Kier alpha value is -1.85. The lowest BCUT2D eigenvalue weighted by molar-refractivity contribution is -0.120. The van der Waals surface area contributed by atoms with Crippen molar-refractivity contribution in [1.29, 1.82) is 0 Å². The summed E-state index contributed by atoms with van der Waals surface area (Å²) < 4.78 is 6.14. The molecule has 0 saturated carbocycles. The molecular weight excluding hydrogens is 380 g/mol. The van der Waals surface area contributed by atoms with Crippen molar-refractivity contribution in [3.8, 4) is 5.75 Å². The number of halogens is 1. The number of nitrogens with one attached hydrogen (secondary N) is 2. The van der Waals surface area contributed by atoms with Gasteiger partial charge in [-0.1, -0.05) is 36.4 Å². The lowest BCUT2D eigenvalue weighted by Gasteiger charge is -2.15. The summed E-state index contributed by atoms with van der Waals surface area (Å²) in [5.74, 6) is 0.819. The van der Waals surface area contributed by atoms with E-state index in [1.807, 2.05) is 43.3 Å². The van der Waals surface area contributed by atoms with Crippen molar-refractivity contribution >= 4 is 21.8 Å². The van der Waals surface area contributed by atoms with E-state index in [0.29, 0.717) is 13.1 Å². The maximum absolute atomic E-state index is 12.0. The molecule has 2 aromatic rings. The number of aryl methyl sites for hydroxylation is 1. The van der Waals surface area contributed by atoms with E-state index in [0.717, 1.165) is 28.6 Å². The number of amides is 1. The van der Waals surface area contributed by atoms with Crippen LogP contribution < -0.4 is 15.4 Å². The molecule has 0 spiro atoms. The van der Waals surface area contributed by atoms with Gasteiger partial charge >= 0.3 is 0 Å². The Bertz CT molecular complexity index is 677. The molecule has 0 unspecified atom stereocenters. The van der Waals surface area contributed by atoms with Crippen molar-refractivity contribution in [1.82, 2.24) is 10.6 Å². The van der Waals surface area contributed by atoms with Gasteiger partial charge in [-0.05, 0) is 59.0 Å². The summed E-state index contributed by atoms with van der Waals surface area (Å²) in [6.07, 6.45) is 1.92. The van der Waals surface area contributed by atoms with E-state index in [2.05, 4.69) is 38.7 Å². The molecule has 134 valence electrons. The standard InChI is InChI=1S/C20H25BrN2O2/c1-15(17-10-11-19(25-2)18(21)13-17)23-14-20(24)22-12-6-9-16-7-4-3-5-8-16/h3-5,7-8,10-11,13,15,23H,6,9,12,14H2,1-2H3,(H,22,24)/t15-/m1/s1. The molecule has 2 aromatic carbocycles. The summed E-state index contributed by atoms with van der Waals surface area (Å²) in [6.45, 7) is 3.03. The Morgan fingerprint density at radius 1 is 1.20 bits per heavy atom. The van der Waals surface area contributed by atoms with Crippen LogP contribution in [-0.2, 0) is 11.2 Å². The molecule has 0 aromatic heterocycles. The van der Waals surface area contributed by atoms with Gasteiger partial charge < -0.3 is 15.4 Å². The third-order valence-electron chi connectivity index (χ3n) is 4.05. The van der Waals surface area contributed by atoms with Crippen molar-refractivity contribution in [2.75, 3.05) is 20.2 Å². The SMILES string of the molecule is COc1ccc([C@@H](C)NCC(=O)NCCCc2ccccc2)cc1Br. The highest BCUT2D eigenvalue weighted by atomic mass is 79.9. The van der Waals surface area contributed by atoms with Crippen LogP contribution in [0.3, 0.4) is 0 Å². The average molecular weight is 405 g/mol. The Balaban J connectivity index is 1.68. The number of carbonyl (C=O) groups is 1. The Morgan fingerprint density at radius 3 is 2.64 bits per heavy atom. The minimum Gasteiger partial charge on any atom is -0.496 e. The number of hydrogen-bond acceptors (Lipinski definition) is 3. The van der Waals surface area contributed by atoms with E-state index in [1.165, 1.54) is 5.56 Å². The van der Waals surface area contributed by atoms with Crippen molar-refractivity contribution in [3.63, 3.8) is 0 Å². The number of rotatable bonds is 9. The zero-order valence-electron chi connectivity index (χ0n) is 14.7. The monoisotopic (exact) mass is 404 g/mol. The van der Waals surface area contributed by atoms with E-state index in [1.54, 1.807) is 7.11 Å². The molecule has 1 atom stereocenters. The molecule has 0 fully saturated rings. The van der Waals surface area contributed by atoms with Crippen LogP contribution in [0.2, 0.25) is 0 Å². The van der Waals surface area contributed by atoms with Crippen molar-refractivity contribution in [3.05, 3.63) is 64.1 Å². The van der Waals surface area contributed by atoms with E-state index >= 15 is 0 Å². The lowest BCUT2D eigenvalue weighted by atomic mass is 10.1. The zero-order valence-corrected chi connectivity index (χ0v) is 16.3. The minimum atomic E-state index is 0.0208. The highest BCUT2D eigenvalue weighted by Crippen LogP contribution is 2.27. The summed E-state index contributed by atoms with van der Waals surface area (Å²) in [5.41, 5.74) is 2.40. The highest BCUT2D eigenvalue weighted by Gasteiger charge is 2.10. The number of ether oxygens (including phenoxy) is 1. The van der Waals surface area contributed by atoms with Crippen LogP contribution in [0.15, 0.2) is 53.0 Å². The van der Waals surface area contributed by atoms with Crippen molar-refractivity contribution in [2.45, 2.75) is 25.8 Å². The van der Waals surface area contributed by atoms with Gasteiger partial charge in [0.1, 0.15) is 5.75 Å². The highest BCUT2D eigenvalue weighted by molar-refractivity contribution is 9.10. The molecule has 25 heavy (non-hydrogen) atoms. The van der Waals surface area contributed by atoms with Crippen molar-refractivity contribution in [2.24, 2.45) is 0 Å². The Kier molecular flexibility index (Phi) is 7.95. The largest absolute Gasteiger partial charge is 0.496 e. The fourth-order valence-electron chi connectivity index (χ4n) is 2.54. The molecule has 0 bridgehead atoms. The second kappa shape index (κ2) is 10.2. The number of benzene rings is 2. The predicted molar refractivity (Wildman–Crippen MR) is 105 cm³/mol. The first-order valence-electron chi connectivity index (χ1n) is 8.47. The predicted octanol–water partition coefficient (Wildman–Crippen LogP) is 3.86. The van der Waals surface area contributed by atoms with Crippen molar-refractivity contribution < 1.29 is 9.53 Å². The topological polar surface area (TPSA) is 50.4 Å². The first-order chi connectivity index (χ1) is 12.1. The van der Waals surface area contributed by atoms with Gasteiger partial charge in [0.15, 0.2) is 0 Å². The molecule has 2 N–H and O–H groups in total. The number of methoxy groups -OCH3 is 1. The molecule has 5 heteroatoms. The van der Waals surface area contributed by atoms with Gasteiger partial charge in [-0.2, -0.15) is 0 Å². The van der Waals surface area contributed by atoms with Crippen LogP contribution in [0.4, 0.5) is 0 Å². The maximum atomic E-state index is 12.0. The molecule has 4 nitrogen and oxygen atoms in total. The fraction of sp³-hybridized carbons (Fsp3) is 0.350. The van der Waals surface area contributed by atoms with E-state index < -0.39 is 0 Å². The van der Waals surface area contributed by atoms with Crippen LogP contribution in [0.5, 0.6) is 5.75 Å². The van der Waals surface area contributed by atoms with Crippen LogP contribution in [0.25, 0.3) is 0 Å². The van der Waals surface area contributed by atoms with Gasteiger partial charge in [0.05, 0.1) is 18.1 Å². The van der Waals surface area contributed by atoms with Gasteiger partial charge in [0.2, 0.25) is 5.91 Å². The third-order valence-corrected chi connectivity index (χ3v) is 4.67. The summed E-state index contributed by atoms with van der Waals surface area (Å²) in [7, 11) is 1.64.